The van der Waals surface area contributed by atoms with E-state index in [1.54, 1.807) is 20.8 Å². The van der Waals surface area contributed by atoms with E-state index in [9.17, 15) is 14.4 Å². The highest BCUT2D eigenvalue weighted by Crippen LogP contribution is 2.23. The van der Waals surface area contributed by atoms with Crippen molar-refractivity contribution in [2.75, 3.05) is 12.4 Å². The molecule has 0 radical (unpaired) electrons. The minimum atomic E-state index is -1.61. The van der Waals surface area contributed by atoms with Crippen LogP contribution < -0.4 is 10.1 Å². The average Bonchev–Trinajstić information content (AvgIpc) is 2.35. The largest absolute Gasteiger partial charge is 0.496 e. The van der Waals surface area contributed by atoms with Crippen LogP contribution in [0.15, 0.2) is 18.2 Å². The third-order valence-electron chi connectivity index (χ3n) is 2.28. The van der Waals surface area contributed by atoms with Gasteiger partial charge in [0.05, 0.1) is 12.7 Å². The number of carbonyl (C=O) groups is 3. The number of Topliss-reactive ketones (excluding diaryl/α,β-unsaturated/α-hetero) is 1. The Labute approximate surface area is 121 Å². The van der Waals surface area contributed by atoms with Crippen LogP contribution in [0.3, 0.4) is 0 Å². The standard InChI is InChI=1S/C14H17NO6/c1-14(2,3)21-13(19)15-8-5-6-10(20-4)9(7-8)11(16)12(17)18/h5-7H,1-4H3,(H,15,19)(H,17,18). The summed E-state index contributed by atoms with van der Waals surface area (Å²) in [6.07, 6.45) is -0.707. The topological polar surface area (TPSA) is 102 Å². The zero-order chi connectivity index (χ0) is 16.2. The van der Waals surface area contributed by atoms with Crippen LogP contribution in [0.4, 0.5) is 10.5 Å². The Morgan fingerprint density at radius 2 is 1.81 bits per heavy atom. The molecule has 0 spiro atoms. The van der Waals surface area contributed by atoms with Crippen molar-refractivity contribution in [2.24, 2.45) is 0 Å². The van der Waals surface area contributed by atoms with Gasteiger partial charge in [-0.2, -0.15) is 0 Å². The number of carbonyl (C=O) groups excluding carboxylic acids is 2. The molecular formula is C14H17NO6. The van der Waals surface area contributed by atoms with Gasteiger partial charge in [-0.15, -0.1) is 0 Å². The molecule has 0 aliphatic heterocycles. The van der Waals surface area contributed by atoms with E-state index in [1.807, 2.05) is 0 Å². The van der Waals surface area contributed by atoms with Crippen LogP contribution in [0.5, 0.6) is 5.75 Å². The first-order valence-electron chi connectivity index (χ1n) is 6.09. The summed E-state index contributed by atoms with van der Waals surface area (Å²) in [5.74, 6) is -2.63. The van der Waals surface area contributed by atoms with E-state index in [0.29, 0.717) is 0 Å². The number of hydrogen-bond donors (Lipinski definition) is 2. The van der Waals surface area contributed by atoms with Crippen LogP contribution in [0, 0.1) is 0 Å². The van der Waals surface area contributed by atoms with Gasteiger partial charge in [-0.1, -0.05) is 0 Å². The summed E-state index contributed by atoms with van der Waals surface area (Å²) >= 11 is 0. The fraction of sp³-hybridized carbons (Fsp3) is 0.357. The maximum atomic E-state index is 11.6. The summed E-state index contributed by atoms with van der Waals surface area (Å²) in [5.41, 5.74) is -0.593. The van der Waals surface area contributed by atoms with Crippen molar-refractivity contribution in [1.82, 2.24) is 0 Å². The predicted molar refractivity (Wildman–Crippen MR) is 74.8 cm³/mol. The monoisotopic (exact) mass is 295 g/mol. The fourth-order valence-electron chi connectivity index (χ4n) is 1.50. The molecule has 0 fully saturated rings. The number of aliphatic carboxylic acids is 1. The number of ether oxygens (including phenoxy) is 2. The molecule has 0 unspecified atom stereocenters. The van der Waals surface area contributed by atoms with Gasteiger partial charge in [-0.25, -0.2) is 9.59 Å². The Kier molecular flexibility index (Phi) is 4.91. The normalized spacial score (nSPS) is 10.7. The minimum Gasteiger partial charge on any atom is -0.496 e. The second-order valence-corrected chi connectivity index (χ2v) is 5.18. The highest BCUT2D eigenvalue weighted by atomic mass is 16.6. The summed E-state index contributed by atoms with van der Waals surface area (Å²) in [4.78, 5) is 34.0. The highest BCUT2D eigenvalue weighted by Gasteiger charge is 2.21. The van der Waals surface area contributed by atoms with Crippen molar-refractivity contribution in [3.8, 4) is 5.75 Å². The molecule has 1 rings (SSSR count). The lowest BCUT2D eigenvalue weighted by Gasteiger charge is -2.20. The lowest BCUT2D eigenvalue weighted by molar-refractivity contribution is -0.131. The number of carboxylic acid groups (broad SMARTS) is 1. The first kappa shape index (κ1) is 16.5. The Morgan fingerprint density at radius 3 is 2.29 bits per heavy atom. The number of carboxylic acids is 1. The number of rotatable bonds is 4. The third kappa shape index (κ3) is 4.79. The van der Waals surface area contributed by atoms with Gasteiger partial charge in [0.2, 0.25) is 0 Å². The predicted octanol–water partition coefficient (Wildman–Crippen LogP) is 2.31. The van der Waals surface area contributed by atoms with Crippen molar-refractivity contribution in [3.63, 3.8) is 0 Å². The molecule has 1 aromatic carbocycles. The van der Waals surface area contributed by atoms with E-state index >= 15 is 0 Å². The first-order valence-corrected chi connectivity index (χ1v) is 6.09. The Hall–Kier alpha value is -2.57. The molecule has 1 amide bonds. The Bertz CT molecular complexity index is 573. The molecule has 0 saturated carbocycles. The zero-order valence-electron chi connectivity index (χ0n) is 12.2. The molecule has 7 heteroatoms. The van der Waals surface area contributed by atoms with E-state index in [1.165, 1.54) is 25.3 Å². The third-order valence-corrected chi connectivity index (χ3v) is 2.28. The van der Waals surface area contributed by atoms with Crippen molar-refractivity contribution < 1.29 is 29.0 Å². The van der Waals surface area contributed by atoms with Gasteiger partial charge in [0.1, 0.15) is 11.4 Å². The highest BCUT2D eigenvalue weighted by molar-refractivity contribution is 6.40. The molecule has 0 bridgehead atoms. The fourth-order valence-corrected chi connectivity index (χ4v) is 1.50. The van der Waals surface area contributed by atoms with Gasteiger partial charge >= 0.3 is 12.1 Å². The number of nitrogens with one attached hydrogen (secondary N) is 1. The quantitative estimate of drug-likeness (QED) is 0.652. The second kappa shape index (κ2) is 6.25. The van der Waals surface area contributed by atoms with Crippen molar-refractivity contribution >= 4 is 23.5 Å². The molecule has 0 heterocycles. The van der Waals surface area contributed by atoms with Crippen LogP contribution in [-0.2, 0) is 9.53 Å². The second-order valence-electron chi connectivity index (χ2n) is 5.18. The van der Waals surface area contributed by atoms with Gasteiger partial charge in [-0.05, 0) is 39.0 Å². The van der Waals surface area contributed by atoms with Crippen LogP contribution in [0.2, 0.25) is 0 Å². The minimum absolute atomic E-state index is 0.108. The molecular weight excluding hydrogens is 278 g/mol. The Morgan fingerprint density at radius 1 is 1.19 bits per heavy atom. The molecule has 0 atom stereocenters. The number of benzene rings is 1. The SMILES string of the molecule is COc1ccc(NC(=O)OC(C)(C)C)cc1C(=O)C(=O)O. The van der Waals surface area contributed by atoms with Crippen LogP contribution in [0.1, 0.15) is 31.1 Å². The van der Waals surface area contributed by atoms with Crippen molar-refractivity contribution in [2.45, 2.75) is 26.4 Å². The van der Waals surface area contributed by atoms with Crippen LogP contribution in [0.25, 0.3) is 0 Å². The summed E-state index contributed by atoms with van der Waals surface area (Å²) < 4.78 is 9.99. The maximum absolute atomic E-state index is 11.6. The molecule has 2 N–H and O–H groups in total. The number of hydrogen-bond acceptors (Lipinski definition) is 5. The van der Waals surface area contributed by atoms with E-state index in [-0.39, 0.29) is 17.0 Å². The smallest absolute Gasteiger partial charge is 0.412 e. The van der Waals surface area contributed by atoms with Crippen LogP contribution >= 0.6 is 0 Å². The summed E-state index contributed by atoms with van der Waals surface area (Å²) in [6, 6.07) is 4.09. The summed E-state index contributed by atoms with van der Waals surface area (Å²) in [7, 11) is 1.31. The molecule has 7 nitrogen and oxygen atoms in total. The molecule has 0 saturated heterocycles. The van der Waals surface area contributed by atoms with Gasteiger partial charge in [-0.3, -0.25) is 10.1 Å². The Balaban J connectivity index is 3.01. The average molecular weight is 295 g/mol. The van der Waals surface area contributed by atoms with E-state index in [4.69, 9.17) is 14.6 Å². The van der Waals surface area contributed by atoms with E-state index in [2.05, 4.69) is 5.32 Å². The molecule has 21 heavy (non-hydrogen) atoms. The van der Waals surface area contributed by atoms with Crippen molar-refractivity contribution in [3.05, 3.63) is 23.8 Å². The number of anilines is 1. The van der Waals surface area contributed by atoms with Gasteiger partial charge in [0.15, 0.2) is 0 Å². The number of ketones is 1. The van der Waals surface area contributed by atoms with Crippen molar-refractivity contribution in [1.29, 1.82) is 0 Å². The van der Waals surface area contributed by atoms with E-state index in [0.717, 1.165) is 0 Å². The molecule has 0 aromatic heterocycles. The molecule has 114 valence electrons. The van der Waals surface area contributed by atoms with E-state index < -0.39 is 23.4 Å². The van der Waals surface area contributed by atoms with Crippen LogP contribution in [-0.4, -0.2) is 35.7 Å². The number of amides is 1. The first-order chi connectivity index (χ1) is 9.64. The van der Waals surface area contributed by atoms with Gasteiger partial charge in [0, 0.05) is 5.69 Å². The number of methoxy groups -OCH3 is 1. The molecule has 1 aromatic rings. The molecule has 0 aliphatic rings. The summed E-state index contributed by atoms with van der Waals surface area (Å²) in [6.45, 7) is 5.12. The summed E-state index contributed by atoms with van der Waals surface area (Å²) in [5, 5.41) is 11.2. The maximum Gasteiger partial charge on any atom is 0.412 e. The zero-order valence-corrected chi connectivity index (χ0v) is 12.2. The lowest BCUT2D eigenvalue weighted by Crippen LogP contribution is -2.27. The lowest BCUT2D eigenvalue weighted by atomic mass is 10.1. The molecule has 0 aliphatic carbocycles. The van der Waals surface area contributed by atoms with Gasteiger partial charge in [0.25, 0.3) is 5.78 Å². The van der Waals surface area contributed by atoms with Gasteiger partial charge < -0.3 is 14.6 Å².